The van der Waals surface area contributed by atoms with Gasteiger partial charge in [0.25, 0.3) is 5.91 Å². The van der Waals surface area contributed by atoms with Gasteiger partial charge in [-0.15, -0.1) is 0 Å². The second-order valence-electron chi connectivity index (χ2n) is 16.4. The molecule has 0 saturated heterocycles. The van der Waals surface area contributed by atoms with Gasteiger partial charge in [0, 0.05) is 25.9 Å². The molecule has 9 atom stereocenters. The molecule has 6 heteroatoms. The number of hydrogen-bond acceptors (Lipinski definition) is 4. The minimum atomic E-state index is -0.592. The summed E-state index contributed by atoms with van der Waals surface area (Å²) >= 11 is 0. The Morgan fingerprint density at radius 2 is 1.66 bits per heavy atom. The highest BCUT2D eigenvalue weighted by atomic mass is 16.7. The molecule has 5 aliphatic carbocycles. The third kappa shape index (κ3) is 4.07. The molecule has 4 fully saturated rings. The number of amides is 2. The monoisotopic (exact) mass is 564 g/mol. The number of rotatable bonds is 3. The average molecular weight is 565 g/mol. The summed E-state index contributed by atoms with van der Waals surface area (Å²) in [5, 5.41) is 4.46. The van der Waals surface area contributed by atoms with Crippen LogP contribution in [0.5, 0.6) is 0 Å². The van der Waals surface area contributed by atoms with E-state index in [-0.39, 0.29) is 62.6 Å². The Hall–Kier alpha value is -2.29. The molecule has 0 bridgehead atoms. The fraction of sp³-hybridized carbons (Fsp3) is 0.800. The average Bonchev–Trinajstić information content (AvgIpc) is 2.87. The van der Waals surface area contributed by atoms with Gasteiger partial charge in [0.1, 0.15) is 6.11 Å². The van der Waals surface area contributed by atoms with Gasteiger partial charge in [-0.05, 0) is 103 Å². The molecule has 0 aliphatic heterocycles. The van der Waals surface area contributed by atoms with Crippen molar-refractivity contribution in [1.29, 1.82) is 0 Å². The van der Waals surface area contributed by atoms with E-state index in [1.807, 2.05) is 0 Å². The molecule has 226 valence electrons. The fourth-order valence-corrected chi connectivity index (χ4v) is 11.4. The van der Waals surface area contributed by atoms with Crippen molar-refractivity contribution >= 4 is 17.6 Å². The van der Waals surface area contributed by atoms with Crippen molar-refractivity contribution in [2.75, 3.05) is 7.05 Å². The zero-order valence-corrected chi connectivity index (χ0v) is 26.9. The second-order valence-corrected chi connectivity index (χ2v) is 16.4. The number of hydroxylamine groups is 2. The molecule has 0 spiro atoms. The standard InChI is InChI=1S/C35H52N2O4/c1-11-41-37(10)29(40)32(6)17-16-31(5)18-19-34(8)23(24(31)21-32)20-25(39)28-33(7)14-13-27(36-22(2)38)30(3,4)26(33)12-15-35(28,34)9/h1,20,24,26-28H,12-19,21H2,2-10H3,(H,36,38)/t24-,26?,27-,28+,31+,32-,33-,34+,35+/m0/s1. The molecule has 41 heavy (non-hydrogen) atoms. The van der Waals surface area contributed by atoms with Crippen molar-refractivity contribution < 1.29 is 19.2 Å². The molecule has 0 aromatic heterocycles. The Balaban J connectivity index is 1.54. The summed E-state index contributed by atoms with van der Waals surface area (Å²) in [6.07, 6.45) is 18.1. The number of allylic oxidation sites excluding steroid dienone is 2. The van der Waals surface area contributed by atoms with Crippen molar-refractivity contribution in [2.45, 2.75) is 119 Å². The molecule has 0 radical (unpaired) electrons. The summed E-state index contributed by atoms with van der Waals surface area (Å²) < 4.78 is 0. The highest BCUT2D eigenvalue weighted by Crippen LogP contribution is 2.75. The number of carbonyl (C=O) groups is 3. The number of nitrogens with one attached hydrogen (secondary N) is 1. The quantitative estimate of drug-likeness (QED) is 0.316. The number of carbonyl (C=O) groups excluding carboxylic acids is 3. The van der Waals surface area contributed by atoms with Gasteiger partial charge in [0.15, 0.2) is 5.78 Å². The minimum Gasteiger partial charge on any atom is -0.353 e. The van der Waals surface area contributed by atoms with Gasteiger partial charge in [-0.3, -0.25) is 14.4 Å². The normalized spacial score (nSPS) is 46.3. The third-order valence-corrected chi connectivity index (χ3v) is 14.0. The lowest BCUT2D eigenvalue weighted by Gasteiger charge is -2.70. The number of ketones is 1. The lowest BCUT2D eigenvalue weighted by molar-refractivity contribution is -0.191. The predicted molar refractivity (Wildman–Crippen MR) is 160 cm³/mol. The summed E-state index contributed by atoms with van der Waals surface area (Å²) in [5.74, 6) is 0.719. The van der Waals surface area contributed by atoms with E-state index in [1.54, 1.807) is 14.0 Å². The van der Waals surface area contributed by atoms with Crippen LogP contribution in [0.1, 0.15) is 113 Å². The number of fused-ring (bicyclic) bond motifs is 7. The lowest BCUT2D eigenvalue weighted by atomic mass is 9.33. The molecule has 0 heterocycles. The first-order valence-corrected chi connectivity index (χ1v) is 15.8. The van der Waals surface area contributed by atoms with E-state index < -0.39 is 5.41 Å². The van der Waals surface area contributed by atoms with Crippen LogP contribution in [0.3, 0.4) is 0 Å². The van der Waals surface area contributed by atoms with Gasteiger partial charge in [-0.25, -0.2) is 0 Å². The van der Waals surface area contributed by atoms with Crippen LogP contribution < -0.4 is 5.32 Å². The van der Waals surface area contributed by atoms with Gasteiger partial charge < -0.3 is 10.2 Å². The van der Waals surface area contributed by atoms with Crippen LogP contribution in [0.15, 0.2) is 11.6 Å². The summed E-state index contributed by atoms with van der Waals surface area (Å²) in [7, 11) is 1.60. The summed E-state index contributed by atoms with van der Waals surface area (Å²) in [4.78, 5) is 45.3. The van der Waals surface area contributed by atoms with Gasteiger partial charge in [-0.1, -0.05) is 60.5 Å². The Bertz CT molecular complexity index is 1230. The van der Waals surface area contributed by atoms with Crippen LogP contribution in [0.4, 0.5) is 0 Å². The van der Waals surface area contributed by atoms with Gasteiger partial charge in [0.05, 0.1) is 5.41 Å². The number of hydrogen-bond donors (Lipinski definition) is 1. The van der Waals surface area contributed by atoms with Crippen molar-refractivity contribution in [3.8, 4) is 12.5 Å². The molecule has 2 amide bonds. The van der Waals surface area contributed by atoms with Gasteiger partial charge in [0.2, 0.25) is 5.91 Å². The smallest absolute Gasteiger partial charge is 0.261 e. The molecular weight excluding hydrogens is 512 g/mol. The van der Waals surface area contributed by atoms with Gasteiger partial charge in [-0.2, -0.15) is 5.06 Å². The summed E-state index contributed by atoms with van der Waals surface area (Å²) in [6, 6.07) is 0.132. The topological polar surface area (TPSA) is 75.7 Å². The van der Waals surface area contributed by atoms with E-state index in [0.717, 1.165) is 51.4 Å². The number of nitrogens with zero attached hydrogens (tertiary/aromatic N) is 1. The van der Waals surface area contributed by atoms with Gasteiger partial charge >= 0.3 is 0 Å². The Kier molecular flexibility index (Phi) is 6.88. The van der Waals surface area contributed by atoms with E-state index in [1.165, 1.54) is 10.6 Å². The molecule has 0 aromatic carbocycles. The molecule has 0 aromatic rings. The largest absolute Gasteiger partial charge is 0.353 e. The first kappa shape index (κ1) is 30.2. The predicted octanol–water partition coefficient (Wildman–Crippen LogP) is 6.45. The molecule has 5 aliphatic rings. The van der Waals surface area contributed by atoms with Crippen molar-refractivity contribution in [3.05, 3.63) is 11.6 Å². The maximum atomic E-state index is 14.6. The van der Waals surface area contributed by atoms with Crippen LogP contribution in [-0.2, 0) is 19.2 Å². The minimum absolute atomic E-state index is 0.0291. The van der Waals surface area contributed by atoms with E-state index in [4.69, 9.17) is 11.3 Å². The molecule has 6 nitrogen and oxygen atoms in total. The van der Waals surface area contributed by atoms with Crippen LogP contribution >= 0.6 is 0 Å². The van der Waals surface area contributed by atoms with Crippen molar-refractivity contribution in [3.63, 3.8) is 0 Å². The molecule has 5 rings (SSSR count). The highest BCUT2D eigenvalue weighted by molar-refractivity contribution is 5.95. The van der Waals surface area contributed by atoms with Crippen molar-refractivity contribution in [1.82, 2.24) is 10.4 Å². The van der Waals surface area contributed by atoms with E-state index in [9.17, 15) is 14.4 Å². The zero-order valence-electron chi connectivity index (χ0n) is 26.9. The molecule has 1 unspecified atom stereocenters. The zero-order chi connectivity index (χ0) is 30.4. The maximum absolute atomic E-state index is 14.6. The van der Waals surface area contributed by atoms with E-state index in [2.05, 4.69) is 66.0 Å². The van der Waals surface area contributed by atoms with Crippen LogP contribution in [0, 0.1) is 62.8 Å². The second kappa shape index (κ2) is 9.35. The maximum Gasteiger partial charge on any atom is 0.261 e. The fourth-order valence-electron chi connectivity index (χ4n) is 11.4. The van der Waals surface area contributed by atoms with Crippen LogP contribution in [-0.4, -0.2) is 35.8 Å². The third-order valence-electron chi connectivity index (χ3n) is 14.0. The van der Waals surface area contributed by atoms with Crippen molar-refractivity contribution in [2.24, 2.45) is 50.2 Å². The Morgan fingerprint density at radius 3 is 2.29 bits per heavy atom. The lowest BCUT2D eigenvalue weighted by Crippen LogP contribution is -2.67. The van der Waals surface area contributed by atoms with Crippen LogP contribution in [0.25, 0.3) is 0 Å². The SMILES string of the molecule is C#CON(C)C(=O)[C@@]1(C)CC[C@]2(C)CC[C@]3(C)C(=CC(=O)[C@@H]4[C@@]5(C)CC[C@H](NC(C)=O)C(C)(C)C5CC[C@]43C)[C@@H]2C1. The first-order chi connectivity index (χ1) is 18.9. The summed E-state index contributed by atoms with van der Waals surface area (Å²) in [6.45, 7) is 17.9. The van der Waals surface area contributed by atoms with Crippen LogP contribution in [0.2, 0.25) is 0 Å². The Morgan fingerprint density at radius 1 is 1.00 bits per heavy atom. The molecular formula is C35H52N2O4. The highest BCUT2D eigenvalue weighted by Gasteiger charge is 2.70. The first-order valence-electron chi connectivity index (χ1n) is 15.8. The summed E-state index contributed by atoms with van der Waals surface area (Å²) in [5.41, 5.74) is 0.298. The number of terminal acetylenes is 1. The van der Waals surface area contributed by atoms with E-state index in [0.29, 0.717) is 12.3 Å². The molecule has 4 saturated carbocycles. The Labute approximate surface area is 247 Å². The van der Waals surface area contributed by atoms with E-state index >= 15 is 0 Å². The molecule has 1 N–H and O–H groups in total.